The SMILES string of the molecule is NC(=O)C#Cc1ccc2c(=O)[nH]cnc2c1. The molecular formula is C11H7N3O2. The fourth-order valence-corrected chi connectivity index (χ4v) is 1.28. The highest BCUT2D eigenvalue weighted by atomic mass is 16.1. The average Bonchev–Trinajstić information content (AvgIpc) is 2.26. The summed E-state index contributed by atoms with van der Waals surface area (Å²) in [4.78, 5) is 28.3. The summed E-state index contributed by atoms with van der Waals surface area (Å²) in [5.74, 6) is 4.10. The van der Waals surface area contributed by atoms with E-state index < -0.39 is 5.91 Å². The van der Waals surface area contributed by atoms with Crippen molar-refractivity contribution in [3.05, 3.63) is 40.4 Å². The van der Waals surface area contributed by atoms with Crippen LogP contribution >= 0.6 is 0 Å². The standard InChI is InChI=1S/C11H7N3O2/c12-10(15)4-2-7-1-3-8-9(5-7)13-6-14-11(8)16/h1,3,5-6H,(H2,12,15)(H,13,14,16). The molecule has 0 aliphatic carbocycles. The Balaban J connectivity index is 2.59. The quantitative estimate of drug-likeness (QED) is 0.592. The van der Waals surface area contributed by atoms with Crippen LogP contribution in [-0.4, -0.2) is 15.9 Å². The topological polar surface area (TPSA) is 88.8 Å². The minimum atomic E-state index is -0.695. The van der Waals surface area contributed by atoms with Gasteiger partial charge in [0.25, 0.3) is 11.5 Å². The molecule has 78 valence electrons. The fraction of sp³-hybridized carbons (Fsp3) is 0. The Hall–Kier alpha value is -2.61. The normalized spacial score (nSPS) is 9.50. The van der Waals surface area contributed by atoms with E-state index in [1.165, 1.54) is 6.33 Å². The molecular weight excluding hydrogens is 206 g/mol. The van der Waals surface area contributed by atoms with Crippen molar-refractivity contribution in [1.82, 2.24) is 9.97 Å². The molecule has 1 aromatic carbocycles. The number of H-pyrrole nitrogens is 1. The van der Waals surface area contributed by atoms with Gasteiger partial charge in [-0.2, -0.15) is 0 Å². The highest BCUT2D eigenvalue weighted by Crippen LogP contribution is 2.07. The van der Waals surface area contributed by atoms with Crippen LogP contribution < -0.4 is 11.3 Å². The lowest BCUT2D eigenvalue weighted by Crippen LogP contribution is -2.07. The smallest absolute Gasteiger partial charge is 0.293 e. The number of nitrogens with two attached hydrogens (primary N) is 1. The fourth-order valence-electron chi connectivity index (χ4n) is 1.28. The molecule has 0 fully saturated rings. The van der Waals surface area contributed by atoms with Crippen LogP contribution in [0, 0.1) is 11.8 Å². The van der Waals surface area contributed by atoms with Crippen LogP contribution in [0.3, 0.4) is 0 Å². The second-order valence-electron chi connectivity index (χ2n) is 3.08. The first kappa shape index (κ1) is 9.93. The molecule has 0 unspecified atom stereocenters. The molecule has 16 heavy (non-hydrogen) atoms. The summed E-state index contributed by atoms with van der Waals surface area (Å²) >= 11 is 0. The molecule has 0 spiro atoms. The van der Waals surface area contributed by atoms with Gasteiger partial charge in [-0.1, -0.05) is 5.92 Å². The van der Waals surface area contributed by atoms with Crippen LogP contribution in [0.5, 0.6) is 0 Å². The third-order valence-electron chi connectivity index (χ3n) is 1.97. The molecule has 0 saturated heterocycles. The highest BCUT2D eigenvalue weighted by Gasteiger charge is 1.99. The minimum Gasteiger partial charge on any atom is -0.359 e. The van der Waals surface area contributed by atoms with E-state index in [1.807, 2.05) is 0 Å². The van der Waals surface area contributed by atoms with Crippen molar-refractivity contribution in [3.63, 3.8) is 0 Å². The number of aromatic amines is 1. The van der Waals surface area contributed by atoms with Crippen LogP contribution in [0.15, 0.2) is 29.3 Å². The van der Waals surface area contributed by atoms with Gasteiger partial charge >= 0.3 is 0 Å². The van der Waals surface area contributed by atoms with Crippen LogP contribution in [0.2, 0.25) is 0 Å². The number of nitrogens with zero attached hydrogens (tertiary/aromatic N) is 1. The first-order valence-electron chi connectivity index (χ1n) is 4.46. The molecule has 0 aliphatic rings. The van der Waals surface area contributed by atoms with E-state index in [2.05, 4.69) is 21.8 Å². The van der Waals surface area contributed by atoms with E-state index in [-0.39, 0.29) is 5.56 Å². The van der Waals surface area contributed by atoms with E-state index in [0.29, 0.717) is 16.5 Å². The van der Waals surface area contributed by atoms with Crippen molar-refractivity contribution >= 4 is 16.8 Å². The van der Waals surface area contributed by atoms with Gasteiger partial charge in [-0.3, -0.25) is 9.59 Å². The second-order valence-corrected chi connectivity index (χ2v) is 3.08. The van der Waals surface area contributed by atoms with Gasteiger partial charge in [-0.15, -0.1) is 0 Å². The Morgan fingerprint density at radius 2 is 2.25 bits per heavy atom. The van der Waals surface area contributed by atoms with Crippen molar-refractivity contribution in [1.29, 1.82) is 0 Å². The van der Waals surface area contributed by atoms with Gasteiger partial charge in [0.05, 0.1) is 17.2 Å². The highest BCUT2D eigenvalue weighted by molar-refractivity contribution is 5.92. The van der Waals surface area contributed by atoms with Crippen molar-refractivity contribution in [3.8, 4) is 11.8 Å². The summed E-state index contributed by atoms with van der Waals surface area (Å²) in [6.07, 6.45) is 1.32. The lowest BCUT2D eigenvalue weighted by molar-refractivity contribution is -0.112. The Labute approximate surface area is 90.3 Å². The zero-order chi connectivity index (χ0) is 11.5. The van der Waals surface area contributed by atoms with Gasteiger partial charge in [0, 0.05) is 5.56 Å². The molecule has 0 bridgehead atoms. The Kier molecular flexibility index (Phi) is 2.40. The number of rotatable bonds is 0. The van der Waals surface area contributed by atoms with Gasteiger partial charge in [-0.05, 0) is 24.1 Å². The Bertz CT molecular complexity index is 677. The molecule has 0 aliphatic heterocycles. The number of fused-ring (bicyclic) bond motifs is 1. The third kappa shape index (κ3) is 1.91. The molecule has 1 aromatic heterocycles. The summed E-state index contributed by atoms with van der Waals surface area (Å²) in [7, 11) is 0. The van der Waals surface area contributed by atoms with Crippen LogP contribution in [0.4, 0.5) is 0 Å². The maximum absolute atomic E-state index is 11.4. The molecule has 5 heteroatoms. The van der Waals surface area contributed by atoms with E-state index >= 15 is 0 Å². The molecule has 1 amide bonds. The summed E-state index contributed by atoms with van der Waals surface area (Å²) in [5, 5.41) is 0.479. The zero-order valence-electron chi connectivity index (χ0n) is 8.15. The maximum atomic E-state index is 11.4. The predicted molar refractivity (Wildman–Crippen MR) is 58.4 cm³/mol. The van der Waals surface area contributed by atoms with Gasteiger partial charge in [-0.25, -0.2) is 4.98 Å². The lowest BCUT2D eigenvalue weighted by atomic mass is 10.1. The average molecular weight is 213 g/mol. The van der Waals surface area contributed by atoms with Crippen molar-refractivity contribution in [2.45, 2.75) is 0 Å². The van der Waals surface area contributed by atoms with Crippen molar-refractivity contribution < 1.29 is 4.79 Å². The number of hydrogen-bond donors (Lipinski definition) is 2. The summed E-state index contributed by atoms with van der Waals surface area (Å²) in [5.41, 5.74) is 5.80. The number of hydrogen-bond acceptors (Lipinski definition) is 3. The third-order valence-corrected chi connectivity index (χ3v) is 1.97. The van der Waals surface area contributed by atoms with Gasteiger partial charge in [0.15, 0.2) is 0 Å². The first-order chi connectivity index (χ1) is 7.66. The molecule has 0 atom stereocenters. The predicted octanol–water partition coefficient (Wildman–Crippen LogP) is -0.240. The number of amides is 1. The monoisotopic (exact) mass is 213 g/mol. The maximum Gasteiger partial charge on any atom is 0.293 e. The number of carbonyl (C=O) groups is 1. The molecule has 2 rings (SSSR count). The van der Waals surface area contributed by atoms with E-state index in [1.54, 1.807) is 18.2 Å². The lowest BCUT2D eigenvalue weighted by Gasteiger charge is -1.95. The molecule has 5 nitrogen and oxygen atoms in total. The summed E-state index contributed by atoms with van der Waals surface area (Å²) in [6.45, 7) is 0. The van der Waals surface area contributed by atoms with Gasteiger partial charge in [0.2, 0.25) is 0 Å². The molecule has 3 N–H and O–H groups in total. The van der Waals surface area contributed by atoms with Crippen LogP contribution in [0.1, 0.15) is 5.56 Å². The number of nitrogens with one attached hydrogen (secondary N) is 1. The Morgan fingerprint density at radius 3 is 3.00 bits per heavy atom. The zero-order valence-corrected chi connectivity index (χ0v) is 8.15. The van der Waals surface area contributed by atoms with E-state index in [0.717, 1.165) is 0 Å². The molecule has 2 aromatic rings. The second kappa shape index (κ2) is 3.87. The molecule has 0 saturated carbocycles. The van der Waals surface area contributed by atoms with E-state index in [4.69, 9.17) is 5.73 Å². The number of carbonyl (C=O) groups excluding carboxylic acids is 1. The largest absolute Gasteiger partial charge is 0.359 e. The Morgan fingerprint density at radius 1 is 1.44 bits per heavy atom. The summed E-state index contributed by atoms with van der Waals surface area (Å²) in [6, 6.07) is 4.86. The van der Waals surface area contributed by atoms with E-state index in [9.17, 15) is 9.59 Å². The number of primary amides is 1. The van der Waals surface area contributed by atoms with Crippen molar-refractivity contribution in [2.24, 2.45) is 5.73 Å². The number of aromatic nitrogens is 2. The number of benzene rings is 1. The molecule has 1 heterocycles. The minimum absolute atomic E-state index is 0.209. The van der Waals surface area contributed by atoms with Gasteiger partial charge in [0.1, 0.15) is 0 Å². The van der Waals surface area contributed by atoms with Crippen LogP contribution in [0.25, 0.3) is 10.9 Å². The van der Waals surface area contributed by atoms with Crippen molar-refractivity contribution in [2.75, 3.05) is 0 Å². The summed E-state index contributed by atoms with van der Waals surface area (Å²) < 4.78 is 0. The van der Waals surface area contributed by atoms with Crippen LogP contribution in [-0.2, 0) is 4.79 Å². The molecule has 0 radical (unpaired) electrons. The van der Waals surface area contributed by atoms with Gasteiger partial charge < -0.3 is 10.7 Å². The first-order valence-corrected chi connectivity index (χ1v) is 4.46.